The zero-order valence-corrected chi connectivity index (χ0v) is 42.9. The molecule has 0 radical (unpaired) electrons. The first-order chi connectivity index (χ1) is 28.7. The quantitative estimate of drug-likeness (QED) is 0.0466. The van der Waals surface area contributed by atoms with E-state index in [9.17, 15) is 19.2 Å². The summed E-state index contributed by atoms with van der Waals surface area (Å²) < 4.78 is 22.9. The number of carbonyl (C=O) groups is 4. The van der Waals surface area contributed by atoms with E-state index in [-0.39, 0.29) is 70.3 Å². The van der Waals surface area contributed by atoms with Gasteiger partial charge in [0, 0.05) is 0 Å². The van der Waals surface area contributed by atoms with Gasteiger partial charge in [0.2, 0.25) is 0 Å². The summed E-state index contributed by atoms with van der Waals surface area (Å²) in [7, 11) is 0. The Hall–Kier alpha value is -2.90. The maximum atomic E-state index is 13.8. The second-order valence-corrected chi connectivity index (χ2v) is 23.0. The van der Waals surface area contributed by atoms with E-state index in [2.05, 4.69) is 111 Å². The van der Waals surface area contributed by atoms with Crippen molar-refractivity contribution in [2.45, 2.75) is 214 Å². The van der Waals surface area contributed by atoms with Gasteiger partial charge in [0.15, 0.2) is 0 Å². The average Bonchev–Trinajstić information content (AvgIpc) is 3.17. The Kier molecular flexibility index (Phi) is 25.3. The molecule has 0 heterocycles. The normalized spacial score (nSPS) is 14.5. The van der Waals surface area contributed by atoms with Gasteiger partial charge in [-0.1, -0.05) is 188 Å². The SMILES string of the molecule is C[C@H](CCCCCOC(=O)c1cc(C(=O)OCCCCC[C@@H](C)C(C)(C)C)c(C(=O)OCCCCC[C@@H](C)C(C)(C)C)cc1C(=O)OCCCCC[C@@H](C)C(C)(C)C)C(C)(C)C. The van der Waals surface area contributed by atoms with Gasteiger partial charge in [-0.25, -0.2) is 19.2 Å². The molecule has 0 aromatic heterocycles. The molecule has 0 bridgehead atoms. The van der Waals surface area contributed by atoms with Crippen LogP contribution in [0.5, 0.6) is 0 Å². The van der Waals surface area contributed by atoms with Crippen LogP contribution in [-0.4, -0.2) is 50.3 Å². The summed E-state index contributed by atoms with van der Waals surface area (Å²) >= 11 is 0. The van der Waals surface area contributed by atoms with Crippen LogP contribution in [0, 0.1) is 45.3 Å². The largest absolute Gasteiger partial charge is 0.462 e. The van der Waals surface area contributed by atoms with Crippen molar-refractivity contribution in [2.75, 3.05) is 26.4 Å². The number of unbranched alkanes of at least 4 members (excludes halogenated alkanes) is 8. The zero-order valence-electron chi connectivity index (χ0n) is 42.9. The molecule has 1 aromatic carbocycles. The molecule has 0 aliphatic heterocycles. The first-order valence-electron chi connectivity index (χ1n) is 24.5. The maximum absolute atomic E-state index is 13.8. The van der Waals surface area contributed by atoms with Gasteiger partial charge in [-0.15, -0.1) is 0 Å². The molecule has 0 unspecified atom stereocenters. The van der Waals surface area contributed by atoms with Crippen LogP contribution in [-0.2, 0) is 18.9 Å². The lowest BCUT2D eigenvalue weighted by Gasteiger charge is -2.27. The van der Waals surface area contributed by atoms with Gasteiger partial charge in [0.25, 0.3) is 0 Å². The third-order valence-corrected chi connectivity index (χ3v) is 14.0. The molecule has 0 amide bonds. The van der Waals surface area contributed by atoms with E-state index in [4.69, 9.17) is 18.9 Å². The van der Waals surface area contributed by atoms with E-state index < -0.39 is 23.9 Å². The fraction of sp³-hybridized carbons (Fsp3) is 0.815. The predicted molar refractivity (Wildman–Crippen MR) is 256 cm³/mol. The van der Waals surface area contributed by atoms with Crippen LogP contribution in [0.3, 0.4) is 0 Å². The van der Waals surface area contributed by atoms with Crippen LogP contribution in [0.15, 0.2) is 12.1 Å². The van der Waals surface area contributed by atoms with E-state index in [1.54, 1.807) is 0 Å². The van der Waals surface area contributed by atoms with E-state index in [1.807, 2.05) is 0 Å². The Labute approximate surface area is 380 Å². The summed E-state index contributed by atoms with van der Waals surface area (Å²) in [4.78, 5) is 55.2. The van der Waals surface area contributed by atoms with Crippen LogP contribution in [0.2, 0.25) is 0 Å². The van der Waals surface area contributed by atoms with Gasteiger partial charge >= 0.3 is 23.9 Å². The van der Waals surface area contributed by atoms with Gasteiger partial charge in [-0.2, -0.15) is 0 Å². The molecule has 4 atom stereocenters. The first kappa shape index (κ1) is 57.1. The molecule has 0 saturated heterocycles. The summed E-state index contributed by atoms with van der Waals surface area (Å²) in [6.45, 7) is 36.7. The number of rotatable bonds is 28. The molecule has 1 rings (SSSR count). The molecule has 8 heteroatoms. The van der Waals surface area contributed by atoms with Crippen molar-refractivity contribution in [2.24, 2.45) is 45.3 Å². The second-order valence-electron chi connectivity index (χ2n) is 23.0. The Morgan fingerprint density at radius 3 is 0.677 bits per heavy atom. The number of ether oxygens (including phenoxy) is 4. The Balaban J connectivity index is 3.32. The Morgan fingerprint density at radius 1 is 0.339 bits per heavy atom. The Morgan fingerprint density at radius 2 is 0.516 bits per heavy atom. The number of hydrogen-bond acceptors (Lipinski definition) is 8. The molecule has 0 N–H and O–H groups in total. The van der Waals surface area contributed by atoms with Crippen molar-refractivity contribution in [1.82, 2.24) is 0 Å². The highest BCUT2D eigenvalue weighted by Crippen LogP contribution is 2.33. The Bertz CT molecular complexity index is 1260. The molecule has 0 saturated carbocycles. The van der Waals surface area contributed by atoms with Gasteiger partial charge < -0.3 is 18.9 Å². The maximum Gasteiger partial charge on any atom is 0.339 e. The molecule has 62 heavy (non-hydrogen) atoms. The summed E-state index contributed by atoms with van der Waals surface area (Å²) in [5, 5.41) is 0. The summed E-state index contributed by atoms with van der Waals surface area (Å²) in [6.07, 6.45) is 14.6. The highest BCUT2D eigenvalue weighted by atomic mass is 16.5. The lowest BCUT2D eigenvalue weighted by Crippen LogP contribution is -2.21. The summed E-state index contributed by atoms with van der Waals surface area (Å²) in [5.74, 6) is -0.737. The fourth-order valence-corrected chi connectivity index (χ4v) is 6.90. The number of benzene rings is 1. The second kappa shape index (κ2) is 27.4. The number of esters is 4. The van der Waals surface area contributed by atoms with Gasteiger partial charge in [0.1, 0.15) is 0 Å². The summed E-state index contributed by atoms with van der Waals surface area (Å²) in [6, 6.07) is 2.55. The molecular formula is C54H94O8. The van der Waals surface area contributed by atoms with E-state index in [0.717, 1.165) is 77.0 Å². The molecule has 358 valence electrons. The van der Waals surface area contributed by atoms with Crippen molar-refractivity contribution in [1.29, 1.82) is 0 Å². The molecule has 0 spiro atoms. The molecule has 0 aliphatic carbocycles. The van der Waals surface area contributed by atoms with Crippen LogP contribution in [0.25, 0.3) is 0 Å². The molecule has 0 fully saturated rings. The third-order valence-electron chi connectivity index (χ3n) is 14.0. The predicted octanol–water partition coefficient (Wildman–Crippen LogP) is 15.3. The first-order valence-corrected chi connectivity index (χ1v) is 24.5. The summed E-state index contributed by atoms with van der Waals surface area (Å²) in [5.41, 5.74) is 0.437. The molecule has 1 aromatic rings. The lowest BCUT2D eigenvalue weighted by atomic mass is 9.79. The van der Waals surface area contributed by atoms with Crippen LogP contribution in [0.4, 0.5) is 0 Å². The monoisotopic (exact) mass is 871 g/mol. The van der Waals surface area contributed by atoms with Gasteiger partial charge in [-0.3, -0.25) is 0 Å². The van der Waals surface area contributed by atoms with Gasteiger partial charge in [-0.05, 0) is 83.1 Å². The number of hydrogen-bond donors (Lipinski definition) is 0. The fourth-order valence-electron chi connectivity index (χ4n) is 6.90. The van der Waals surface area contributed by atoms with Crippen molar-refractivity contribution in [3.63, 3.8) is 0 Å². The zero-order chi connectivity index (χ0) is 47.3. The highest BCUT2D eigenvalue weighted by molar-refractivity contribution is 6.10. The lowest BCUT2D eigenvalue weighted by molar-refractivity contribution is 0.0433. The van der Waals surface area contributed by atoms with Crippen molar-refractivity contribution in [3.05, 3.63) is 34.4 Å². The number of carbonyl (C=O) groups excluding carboxylic acids is 4. The molecular weight excluding hydrogens is 777 g/mol. The smallest absolute Gasteiger partial charge is 0.339 e. The van der Waals surface area contributed by atoms with Crippen LogP contribution < -0.4 is 0 Å². The van der Waals surface area contributed by atoms with Gasteiger partial charge in [0.05, 0.1) is 48.7 Å². The molecule has 8 nitrogen and oxygen atoms in total. The van der Waals surface area contributed by atoms with Crippen molar-refractivity contribution < 1.29 is 38.1 Å². The standard InChI is InChI=1S/C54H94O8/c1-39(51(5,6)7)29-21-17-25-33-59-47(55)43-37-45(49(57)61-35-27-19-23-31-41(3)53(11,12)13)46(50(58)62-36-28-20-24-32-42(4)54(14,15)16)38-44(43)48(56)60-34-26-18-22-30-40(2)52(8,9)10/h37-42H,17-36H2,1-16H3/t39-,40-,41-,42-/m1/s1. The van der Waals surface area contributed by atoms with Crippen LogP contribution in [0.1, 0.15) is 255 Å². The minimum absolute atomic E-state index is 0.122. The average molecular weight is 871 g/mol. The minimum atomic E-state index is -0.748. The van der Waals surface area contributed by atoms with Crippen LogP contribution >= 0.6 is 0 Å². The third kappa shape index (κ3) is 22.6. The highest BCUT2D eigenvalue weighted by Gasteiger charge is 2.30. The van der Waals surface area contributed by atoms with E-state index in [1.165, 1.54) is 12.1 Å². The minimum Gasteiger partial charge on any atom is -0.462 e. The molecule has 0 aliphatic rings. The van der Waals surface area contributed by atoms with Crippen molar-refractivity contribution in [3.8, 4) is 0 Å². The topological polar surface area (TPSA) is 105 Å². The van der Waals surface area contributed by atoms with Crippen molar-refractivity contribution >= 4 is 23.9 Å². The van der Waals surface area contributed by atoms with E-state index in [0.29, 0.717) is 49.4 Å². The van der Waals surface area contributed by atoms with E-state index >= 15 is 0 Å².